The van der Waals surface area contributed by atoms with Gasteiger partial charge in [-0.2, -0.15) is 4.39 Å². The molecule has 6 heteroatoms. The van der Waals surface area contributed by atoms with E-state index in [1.165, 1.54) is 0 Å². The van der Waals surface area contributed by atoms with E-state index in [2.05, 4.69) is 20.9 Å². The fourth-order valence-electron chi connectivity index (χ4n) is 0.780. The lowest BCUT2D eigenvalue weighted by Gasteiger charge is -2.04. The first-order valence-electron chi connectivity index (χ1n) is 3.30. The van der Waals surface area contributed by atoms with Crippen LogP contribution in [0, 0.1) is 5.95 Å². The molecule has 0 aromatic carbocycles. The van der Waals surface area contributed by atoms with Gasteiger partial charge in [-0.05, 0) is 22.0 Å². The van der Waals surface area contributed by atoms with Crippen LogP contribution in [0.15, 0.2) is 10.5 Å². The predicted octanol–water partition coefficient (Wildman–Crippen LogP) is 2.41. The van der Waals surface area contributed by atoms with Crippen LogP contribution in [0.1, 0.15) is 17.7 Å². The SMILES string of the molecule is OCc1nc(F)c(C(F)F)cc1Br. The molecule has 1 rings (SSSR count). The Morgan fingerprint density at radius 3 is 2.62 bits per heavy atom. The minimum absolute atomic E-state index is 0.00176. The molecule has 0 aliphatic heterocycles. The highest BCUT2D eigenvalue weighted by molar-refractivity contribution is 9.10. The number of rotatable bonds is 2. The van der Waals surface area contributed by atoms with Crippen molar-refractivity contribution in [1.82, 2.24) is 4.98 Å². The summed E-state index contributed by atoms with van der Waals surface area (Å²) in [6.07, 6.45) is -2.91. The summed E-state index contributed by atoms with van der Waals surface area (Å²) >= 11 is 2.89. The lowest BCUT2D eigenvalue weighted by molar-refractivity contribution is 0.144. The molecule has 0 fully saturated rings. The van der Waals surface area contributed by atoms with E-state index >= 15 is 0 Å². The van der Waals surface area contributed by atoms with E-state index in [0.717, 1.165) is 6.07 Å². The number of hydrogen-bond donors (Lipinski definition) is 1. The predicted molar refractivity (Wildman–Crippen MR) is 42.8 cm³/mol. The highest BCUT2D eigenvalue weighted by atomic mass is 79.9. The summed E-state index contributed by atoms with van der Waals surface area (Å²) in [5.41, 5.74) is -0.772. The molecule has 1 aromatic heterocycles. The molecule has 72 valence electrons. The maximum absolute atomic E-state index is 12.7. The van der Waals surface area contributed by atoms with Crippen molar-refractivity contribution in [3.8, 4) is 0 Å². The van der Waals surface area contributed by atoms with Crippen LogP contribution >= 0.6 is 15.9 Å². The van der Waals surface area contributed by atoms with Crippen molar-refractivity contribution in [2.45, 2.75) is 13.0 Å². The summed E-state index contributed by atoms with van der Waals surface area (Å²) in [7, 11) is 0. The van der Waals surface area contributed by atoms with Crippen molar-refractivity contribution >= 4 is 15.9 Å². The van der Waals surface area contributed by atoms with Gasteiger partial charge < -0.3 is 5.11 Å². The molecule has 0 aliphatic carbocycles. The van der Waals surface area contributed by atoms with Crippen molar-refractivity contribution in [3.05, 3.63) is 27.7 Å². The van der Waals surface area contributed by atoms with Gasteiger partial charge in [0.2, 0.25) is 5.95 Å². The zero-order valence-corrected chi connectivity index (χ0v) is 7.85. The van der Waals surface area contributed by atoms with E-state index in [1.807, 2.05) is 0 Å². The Labute approximate surface area is 80.5 Å². The first kappa shape index (κ1) is 10.5. The van der Waals surface area contributed by atoms with Gasteiger partial charge >= 0.3 is 0 Å². The molecule has 0 amide bonds. The Bertz CT molecular complexity index is 319. The Balaban J connectivity index is 3.20. The van der Waals surface area contributed by atoms with E-state index in [-0.39, 0.29) is 10.2 Å². The second kappa shape index (κ2) is 4.06. The van der Waals surface area contributed by atoms with Crippen LogP contribution in [-0.2, 0) is 6.61 Å². The number of aromatic nitrogens is 1. The molecule has 0 unspecified atom stereocenters. The largest absolute Gasteiger partial charge is 0.390 e. The molecule has 0 saturated carbocycles. The van der Waals surface area contributed by atoms with Gasteiger partial charge in [-0.15, -0.1) is 0 Å². The summed E-state index contributed by atoms with van der Waals surface area (Å²) < 4.78 is 37.1. The topological polar surface area (TPSA) is 33.1 Å². The van der Waals surface area contributed by atoms with Crippen molar-refractivity contribution in [1.29, 1.82) is 0 Å². The number of aliphatic hydroxyl groups is 1. The Kier molecular flexibility index (Phi) is 3.27. The van der Waals surface area contributed by atoms with Crippen LogP contribution in [0.4, 0.5) is 13.2 Å². The Morgan fingerprint density at radius 2 is 2.15 bits per heavy atom. The monoisotopic (exact) mass is 255 g/mol. The maximum atomic E-state index is 12.7. The summed E-state index contributed by atoms with van der Waals surface area (Å²) in [5, 5.41) is 8.63. The highest BCUT2D eigenvalue weighted by Crippen LogP contribution is 2.25. The van der Waals surface area contributed by atoms with Gasteiger partial charge in [0.1, 0.15) is 0 Å². The van der Waals surface area contributed by atoms with Gasteiger partial charge in [-0.3, -0.25) is 0 Å². The normalized spacial score (nSPS) is 10.9. The summed E-state index contributed by atoms with van der Waals surface area (Å²) in [6, 6.07) is 0.915. The molecule has 0 radical (unpaired) electrons. The fraction of sp³-hybridized carbons (Fsp3) is 0.286. The number of alkyl halides is 2. The zero-order valence-electron chi connectivity index (χ0n) is 6.27. The van der Waals surface area contributed by atoms with Crippen LogP contribution in [-0.4, -0.2) is 10.1 Å². The number of aliphatic hydroxyl groups excluding tert-OH is 1. The number of nitrogens with zero attached hydrogens (tertiary/aromatic N) is 1. The molecule has 1 heterocycles. The number of pyridine rings is 1. The molecule has 0 spiro atoms. The summed E-state index contributed by atoms with van der Waals surface area (Å²) in [5.74, 6) is -1.25. The third kappa shape index (κ3) is 2.19. The maximum Gasteiger partial charge on any atom is 0.268 e. The standard InChI is InChI=1S/C7H5BrF3NO/c8-4-1-3(6(9)10)7(11)12-5(4)2-13/h1,6,13H,2H2. The first-order valence-corrected chi connectivity index (χ1v) is 4.09. The molecule has 0 bridgehead atoms. The lowest BCUT2D eigenvalue weighted by Crippen LogP contribution is -2.00. The molecule has 0 atom stereocenters. The molecular weight excluding hydrogens is 251 g/mol. The van der Waals surface area contributed by atoms with Gasteiger partial charge in [-0.25, -0.2) is 13.8 Å². The Hall–Kier alpha value is -0.620. The quantitative estimate of drug-likeness (QED) is 0.824. The van der Waals surface area contributed by atoms with Crippen LogP contribution in [0.3, 0.4) is 0 Å². The van der Waals surface area contributed by atoms with Crippen molar-refractivity contribution in [2.24, 2.45) is 0 Å². The third-order valence-corrected chi connectivity index (χ3v) is 2.10. The molecule has 13 heavy (non-hydrogen) atoms. The number of hydrogen-bond acceptors (Lipinski definition) is 2. The van der Waals surface area contributed by atoms with Gasteiger partial charge in [0.15, 0.2) is 0 Å². The second-order valence-corrected chi connectivity index (χ2v) is 3.11. The van der Waals surface area contributed by atoms with Crippen LogP contribution in [0.5, 0.6) is 0 Å². The number of halogens is 4. The van der Waals surface area contributed by atoms with E-state index in [4.69, 9.17) is 5.11 Å². The van der Waals surface area contributed by atoms with Gasteiger partial charge in [0.25, 0.3) is 6.43 Å². The van der Waals surface area contributed by atoms with Crippen molar-refractivity contribution in [2.75, 3.05) is 0 Å². The minimum atomic E-state index is -2.91. The fourth-order valence-corrected chi connectivity index (χ4v) is 1.24. The third-order valence-electron chi connectivity index (χ3n) is 1.41. The molecule has 1 aromatic rings. The van der Waals surface area contributed by atoms with E-state index < -0.39 is 24.5 Å². The zero-order chi connectivity index (χ0) is 10.0. The average molecular weight is 256 g/mol. The van der Waals surface area contributed by atoms with Gasteiger partial charge in [0, 0.05) is 4.47 Å². The first-order chi connectivity index (χ1) is 6.06. The Morgan fingerprint density at radius 1 is 1.54 bits per heavy atom. The molecule has 2 nitrogen and oxygen atoms in total. The van der Waals surface area contributed by atoms with Gasteiger partial charge in [-0.1, -0.05) is 0 Å². The van der Waals surface area contributed by atoms with Crippen LogP contribution < -0.4 is 0 Å². The lowest BCUT2D eigenvalue weighted by atomic mass is 10.2. The van der Waals surface area contributed by atoms with Crippen LogP contribution in [0.25, 0.3) is 0 Å². The van der Waals surface area contributed by atoms with E-state index in [0.29, 0.717) is 0 Å². The van der Waals surface area contributed by atoms with Gasteiger partial charge in [0.05, 0.1) is 17.9 Å². The summed E-state index contributed by atoms with van der Waals surface area (Å²) in [4.78, 5) is 3.17. The highest BCUT2D eigenvalue weighted by Gasteiger charge is 2.17. The van der Waals surface area contributed by atoms with E-state index in [1.54, 1.807) is 0 Å². The molecule has 1 N–H and O–H groups in total. The molecular formula is C7H5BrF3NO. The van der Waals surface area contributed by atoms with Crippen LogP contribution in [0.2, 0.25) is 0 Å². The second-order valence-electron chi connectivity index (χ2n) is 2.26. The van der Waals surface area contributed by atoms with Crippen molar-refractivity contribution in [3.63, 3.8) is 0 Å². The molecule has 0 saturated heterocycles. The van der Waals surface area contributed by atoms with Crippen molar-refractivity contribution < 1.29 is 18.3 Å². The average Bonchev–Trinajstić information content (AvgIpc) is 2.07. The minimum Gasteiger partial charge on any atom is -0.390 e. The molecule has 0 aliphatic rings. The summed E-state index contributed by atoms with van der Waals surface area (Å²) in [6.45, 7) is -0.499. The van der Waals surface area contributed by atoms with E-state index in [9.17, 15) is 13.2 Å². The smallest absolute Gasteiger partial charge is 0.268 e.